The van der Waals surface area contributed by atoms with Crippen molar-refractivity contribution in [3.05, 3.63) is 90.3 Å². The van der Waals surface area contributed by atoms with Gasteiger partial charge in [0.25, 0.3) is 5.91 Å². The first-order valence-corrected chi connectivity index (χ1v) is 10.1. The number of carbonyl (C=O) groups excluding carboxylic acids is 1. The quantitative estimate of drug-likeness (QED) is 0.292. The van der Waals surface area contributed by atoms with Gasteiger partial charge in [0.2, 0.25) is 0 Å². The smallest absolute Gasteiger partial charge is 0.331 e. The molecule has 0 bridgehead atoms. The molecule has 3 N–H and O–H groups in total. The first kappa shape index (κ1) is 22.2. The molecule has 0 aliphatic heterocycles. The first-order chi connectivity index (χ1) is 15.8. The van der Waals surface area contributed by atoms with Crippen molar-refractivity contribution < 1.29 is 18.0 Å². The lowest BCUT2D eigenvalue weighted by molar-refractivity contribution is -0.137. The van der Waals surface area contributed by atoms with Crippen LogP contribution in [0, 0.1) is 0 Å². The van der Waals surface area contributed by atoms with Gasteiger partial charge in [0.1, 0.15) is 0 Å². The average molecular weight is 467 g/mol. The number of nitrogens with zero attached hydrogens (tertiary/aromatic N) is 2. The molecule has 2 heterocycles. The summed E-state index contributed by atoms with van der Waals surface area (Å²) in [4.78, 5) is 21.5. The van der Waals surface area contributed by atoms with Gasteiger partial charge >= 0.3 is 6.18 Å². The molecule has 0 spiro atoms. The van der Waals surface area contributed by atoms with Gasteiger partial charge in [-0.05, 0) is 54.7 Å². The highest BCUT2D eigenvalue weighted by Crippen LogP contribution is 2.30. The van der Waals surface area contributed by atoms with Crippen LogP contribution in [-0.2, 0) is 6.18 Å². The number of thiocarbonyl (C=S) groups is 1. The van der Waals surface area contributed by atoms with Crippen LogP contribution >= 0.6 is 12.2 Å². The number of pyridine rings is 2. The van der Waals surface area contributed by atoms with Crippen LogP contribution < -0.4 is 16.2 Å². The topological polar surface area (TPSA) is 78.9 Å². The maximum Gasteiger partial charge on any atom is 0.416 e. The molecule has 0 aliphatic carbocycles. The van der Waals surface area contributed by atoms with Crippen molar-refractivity contribution in [1.82, 2.24) is 20.8 Å². The average Bonchev–Trinajstić information content (AvgIpc) is 2.82. The normalized spacial score (nSPS) is 11.1. The van der Waals surface area contributed by atoms with E-state index in [1.54, 1.807) is 48.8 Å². The van der Waals surface area contributed by atoms with Crippen molar-refractivity contribution in [2.45, 2.75) is 6.18 Å². The van der Waals surface area contributed by atoms with Crippen LogP contribution in [0.2, 0.25) is 0 Å². The van der Waals surface area contributed by atoms with E-state index >= 15 is 0 Å². The van der Waals surface area contributed by atoms with Crippen molar-refractivity contribution in [2.24, 2.45) is 0 Å². The lowest BCUT2D eigenvalue weighted by Gasteiger charge is -2.14. The van der Waals surface area contributed by atoms with E-state index < -0.39 is 17.6 Å². The summed E-state index contributed by atoms with van der Waals surface area (Å²) in [6.45, 7) is 0. The van der Waals surface area contributed by atoms with Crippen LogP contribution in [0.15, 0.2) is 79.1 Å². The van der Waals surface area contributed by atoms with Crippen LogP contribution in [-0.4, -0.2) is 21.0 Å². The van der Waals surface area contributed by atoms with Gasteiger partial charge < -0.3 is 5.32 Å². The maximum atomic E-state index is 12.9. The van der Waals surface area contributed by atoms with E-state index in [0.29, 0.717) is 22.2 Å². The van der Waals surface area contributed by atoms with Crippen LogP contribution in [0.3, 0.4) is 0 Å². The van der Waals surface area contributed by atoms with Gasteiger partial charge in [-0.25, -0.2) is 4.98 Å². The molecule has 0 atom stereocenters. The largest absolute Gasteiger partial charge is 0.416 e. The molecule has 0 unspecified atom stereocenters. The third-order valence-electron chi connectivity index (χ3n) is 4.67. The zero-order valence-electron chi connectivity index (χ0n) is 16.9. The number of halogens is 3. The summed E-state index contributed by atoms with van der Waals surface area (Å²) in [5.74, 6) is -0.489. The van der Waals surface area contributed by atoms with Gasteiger partial charge in [-0.15, -0.1) is 0 Å². The van der Waals surface area contributed by atoms with Crippen molar-refractivity contribution in [3.8, 4) is 11.3 Å². The van der Waals surface area contributed by atoms with Crippen LogP contribution in [0.5, 0.6) is 0 Å². The summed E-state index contributed by atoms with van der Waals surface area (Å²) in [5.41, 5.74) is 6.67. The second kappa shape index (κ2) is 9.21. The number of rotatable bonds is 3. The Morgan fingerprint density at radius 3 is 2.42 bits per heavy atom. The fourth-order valence-electron chi connectivity index (χ4n) is 3.15. The highest BCUT2D eigenvalue weighted by atomic mass is 32.1. The van der Waals surface area contributed by atoms with E-state index in [1.165, 1.54) is 12.1 Å². The Balaban J connectivity index is 1.52. The van der Waals surface area contributed by atoms with E-state index in [4.69, 9.17) is 12.2 Å². The predicted molar refractivity (Wildman–Crippen MR) is 123 cm³/mol. The van der Waals surface area contributed by atoms with Crippen LogP contribution in [0.1, 0.15) is 15.9 Å². The number of aromatic nitrogens is 2. The number of benzene rings is 2. The minimum Gasteiger partial charge on any atom is -0.331 e. The summed E-state index contributed by atoms with van der Waals surface area (Å²) >= 11 is 5.10. The molecule has 1 amide bonds. The lowest BCUT2D eigenvalue weighted by atomic mass is 10.0. The second-order valence-corrected chi connectivity index (χ2v) is 7.33. The monoisotopic (exact) mass is 467 g/mol. The Labute approximate surface area is 191 Å². The number of alkyl halides is 3. The van der Waals surface area contributed by atoms with E-state index in [0.717, 1.165) is 17.7 Å². The van der Waals surface area contributed by atoms with Crippen molar-refractivity contribution >= 4 is 39.8 Å². The van der Waals surface area contributed by atoms with Gasteiger partial charge in [-0.2, -0.15) is 13.2 Å². The maximum absolute atomic E-state index is 12.9. The Hall–Kier alpha value is -4.05. The Bertz CT molecular complexity index is 1330. The first-order valence-electron chi connectivity index (χ1n) is 9.66. The molecule has 0 aliphatic rings. The Morgan fingerprint density at radius 2 is 1.67 bits per heavy atom. The van der Waals surface area contributed by atoms with Gasteiger partial charge in [-0.3, -0.25) is 20.6 Å². The number of hydrogen-bond acceptors (Lipinski definition) is 4. The minimum absolute atomic E-state index is 0.0737. The highest BCUT2D eigenvalue weighted by molar-refractivity contribution is 7.80. The number of para-hydroxylation sites is 1. The van der Waals surface area contributed by atoms with Crippen LogP contribution in [0.25, 0.3) is 22.2 Å². The summed E-state index contributed by atoms with van der Waals surface area (Å²) in [6, 6.07) is 17.0. The molecule has 4 rings (SSSR count). The number of anilines is 1. The van der Waals surface area contributed by atoms with Crippen molar-refractivity contribution in [2.75, 3.05) is 5.32 Å². The summed E-state index contributed by atoms with van der Waals surface area (Å²) in [6.07, 6.45) is -1.22. The second-order valence-electron chi connectivity index (χ2n) is 6.92. The Morgan fingerprint density at radius 1 is 0.909 bits per heavy atom. The molecular formula is C23H16F3N5OS. The predicted octanol–water partition coefficient (Wildman–Crippen LogP) is 4.95. The van der Waals surface area contributed by atoms with Gasteiger partial charge in [0.05, 0.1) is 22.3 Å². The van der Waals surface area contributed by atoms with E-state index in [2.05, 4.69) is 26.1 Å². The zero-order valence-corrected chi connectivity index (χ0v) is 17.7. The standard InChI is InChI=1S/C23H16F3N5OS/c24-23(25,26)15-4-3-5-16(12-15)28-22(33)31-30-21(32)18-13-20(14-8-10-27-11-9-14)29-19-7-2-1-6-17(18)19/h1-13H,(H,30,32)(H2,28,31,33). The highest BCUT2D eigenvalue weighted by Gasteiger charge is 2.30. The third kappa shape index (κ3) is 5.24. The van der Waals surface area contributed by atoms with Gasteiger partial charge in [0, 0.05) is 29.0 Å². The van der Waals surface area contributed by atoms with Gasteiger partial charge in [-0.1, -0.05) is 24.3 Å². The number of hydrogen-bond donors (Lipinski definition) is 3. The molecule has 166 valence electrons. The minimum atomic E-state index is -4.48. The third-order valence-corrected chi connectivity index (χ3v) is 4.88. The molecule has 2 aromatic heterocycles. The summed E-state index contributed by atoms with van der Waals surface area (Å²) < 4.78 is 38.7. The molecule has 0 saturated carbocycles. The fraction of sp³-hybridized carbons (Fsp3) is 0.0435. The molecule has 0 saturated heterocycles. The molecule has 0 radical (unpaired) electrons. The molecule has 4 aromatic rings. The Kier molecular flexibility index (Phi) is 6.18. The number of hydrazine groups is 1. The van der Waals surface area contributed by atoms with Crippen LogP contribution in [0.4, 0.5) is 18.9 Å². The summed E-state index contributed by atoms with van der Waals surface area (Å²) in [5, 5.41) is 3.18. The van der Waals surface area contributed by atoms with E-state index in [9.17, 15) is 18.0 Å². The van der Waals surface area contributed by atoms with Crippen molar-refractivity contribution in [3.63, 3.8) is 0 Å². The van der Waals surface area contributed by atoms with E-state index in [-0.39, 0.29) is 10.8 Å². The number of amides is 1. The molecule has 33 heavy (non-hydrogen) atoms. The number of carbonyl (C=O) groups is 1. The molecule has 6 nitrogen and oxygen atoms in total. The lowest BCUT2D eigenvalue weighted by Crippen LogP contribution is -2.43. The van der Waals surface area contributed by atoms with E-state index in [1.807, 2.05) is 6.07 Å². The summed E-state index contributed by atoms with van der Waals surface area (Å²) in [7, 11) is 0. The number of fused-ring (bicyclic) bond motifs is 1. The van der Waals surface area contributed by atoms with Crippen molar-refractivity contribution in [1.29, 1.82) is 0 Å². The molecular weight excluding hydrogens is 451 g/mol. The SMILES string of the molecule is O=C(NNC(=S)Nc1cccc(C(F)(F)F)c1)c1cc(-c2ccncc2)nc2ccccc12. The molecule has 10 heteroatoms. The molecule has 2 aromatic carbocycles. The fourth-order valence-corrected chi connectivity index (χ4v) is 3.32. The zero-order chi connectivity index (χ0) is 23.4. The number of nitrogens with one attached hydrogen (secondary N) is 3. The van der Waals surface area contributed by atoms with Gasteiger partial charge in [0.15, 0.2) is 5.11 Å². The molecule has 0 fully saturated rings.